The van der Waals surface area contributed by atoms with Crippen LogP contribution in [0.4, 0.5) is 5.69 Å². The first-order chi connectivity index (χ1) is 8.04. The lowest BCUT2D eigenvalue weighted by atomic mass is 10.1. The van der Waals surface area contributed by atoms with Gasteiger partial charge in [-0.25, -0.2) is 0 Å². The van der Waals surface area contributed by atoms with Gasteiger partial charge in [-0.05, 0) is 31.7 Å². The second-order valence-electron chi connectivity index (χ2n) is 4.12. The summed E-state index contributed by atoms with van der Waals surface area (Å²) in [6.07, 6.45) is 0. The normalized spacial score (nSPS) is 12.2. The zero-order chi connectivity index (χ0) is 12.8. The fourth-order valence-corrected chi connectivity index (χ4v) is 2.43. The number of thiocarbonyl (C=S) groups is 1. The average Bonchev–Trinajstić information content (AvgIpc) is 2.28. The molecule has 3 N–H and O–H groups in total. The van der Waals surface area contributed by atoms with Crippen LogP contribution < -0.4 is 11.1 Å². The van der Waals surface area contributed by atoms with E-state index in [1.807, 2.05) is 24.8 Å². The second-order valence-corrected chi connectivity index (χ2v) is 5.88. The maximum atomic E-state index is 5.75. The number of nitrogens with one attached hydrogen (secondary N) is 1. The highest BCUT2D eigenvalue weighted by Crippen LogP contribution is 2.19. The molecule has 1 aromatic rings. The van der Waals surface area contributed by atoms with Crippen LogP contribution in [0, 0.1) is 6.92 Å². The molecular formula is C13H20N2S2. The van der Waals surface area contributed by atoms with Gasteiger partial charge in [-0.3, -0.25) is 0 Å². The molecule has 0 amide bonds. The van der Waals surface area contributed by atoms with Gasteiger partial charge in [0.25, 0.3) is 0 Å². The van der Waals surface area contributed by atoms with E-state index in [9.17, 15) is 0 Å². The van der Waals surface area contributed by atoms with Gasteiger partial charge in [0.15, 0.2) is 0 Å². The van der Waals surface area contributed by atoms with E-state index in [0.29, 0.717) is 11.0 Å². The first-order valence-corrected chi connectivity index (χ1v) is 7.35. The molecule has 17 heavy (non-hydrogen) atoms. The molecule has 1 aromatic carbocycles. The van der Waals surface area contributed by atoms with Crippen LogP contribution in [0.2, 0.25) is 0 Å². The van der Waals surface area contributed by atoms with Crippen LogP contribution in [0.25, 0.3) is 0 Å². The van der Waals surface area contributed by atoms with E-state index in [4.69, 9.17) is 18.0 Å². The van der Waals surface area contributed by atoms with Crippen molar-refractivity contribution in [2.45, 2.75) is 26.8 Å². The molecule has 1 unspecified atom stereocenters. The van der Waals surface area contributed by atoms with Gasteiger partial charge in [-0.15, -0.1) is 0 Å². The monoisotopic (exact) mass is 268 g/mol. The molecule has 0 saturated heterocycles. The van der Waals surface area contributed by atoms with E-state index in [-0.39, 0.29) is 0 Å². The van der Waals surface area contributed by atoms with E-state index in [1.165, 1.54) is 5.56 Å². The molecule has 0 aliphatic heterocycles. The van der Waals surface area contributed by atoms with Gasteiger partial charge in [-0.1, -0.05) is 30.8 Å². The maximum absolute atomic E-state index is 5.75. The molecule has 0 aromatic heterocycles. The smallest absolute Gasteiger partial charge is 0.106 e. The molecule has 0 radical (unpaired) electrons. The molecule has 1 rings (SSSR count). The van der Waals surface area contributed by atoms with Crippen molar-refractivity contribution < 1.29 is 0 Å². The summed E-state index contributed by atoms with van der Waals surface area (Å²) in [5.74, 6) is 2.23. The number of rotatable bonds is 6. The highest BCUT2D eigenvalue weighted by molar-refractivity contribution is 7.99. The molecule has 0 saturated carbocycles. The lowest BCUT2D eigenvalue weighted by Gasteiger charge is -2.17. The van der Waals surface area contributed by atoms with Crippen LogP contribution in [0.15, 0.2) is 18.2 Å². The minimum absolute atomic E-state index is 0.413. The number of benzene rings is 1. The van der Waals surface area contributed by atoms with Gasteiger partial charge >= 0.3 is 0 Å². The fourth-order valence-electron chi connectivity index (χ4n) is 1.59. The Hall–Kier alpha value is -0.740. The second kappa shape index (κ2) is 6.87. The van der Waals surface area contributed by atoms with Crippen LogP contribution in [0.5, 0.6) is 0 Å². The average molecular weight is 268 g/mol. The van der Waals surface area contributed by atoms with E-state index < -0.39 is 0 Å². The molecule has 2 nitrogen and oxygen atoms in total. The quantitative estimate of drug-likeness (QED) is 0.777. The van der Waals surface area contributed by atoms with Crippen molar-refractivity contribution in [2.75, 3.05) is 16.8 Å². The number of thioether (sulfide) groups is 1. The number of aryl methyl sites for hydroxylation is 1. The van der Waals surface area contributed by atoms with Gasteiger partial charge in [0.1, 0.15) is 4.99 Å². The van der Waals surface area contributed by atoms with Crippen LogP contribution in [-0.4, -0.2) is 22.5 Å². The third-order valence-corrected chi connectivity index (χ3v) is 3.78. The maximum Gasteiger partial charge on any atom is 0.106 e. The summed E-state index contributed by atoms with van der Waals surface area (Å²) in [4.78, 5) is 0.451. The molecule has 0 fully saturated rings. The van der Waals surface area contributed by atoms with Crippen LogP contribution in [0.3, 0.4) is 0 Å². The zero-order valence-corrected chi connectivity index (χ0v) is 12.3. The lowest BCUT2D eigenvalue weighted by molar-refractivity contribution is 0.912. The summed E-state index contributed by atoms with van der Waals surface area (Å²) in [7, 11) is 0. The lowest BCUT2D eigenvalue weighted by Crippen LogP contribution is -2.21. The summed E-state index contributed by atoms with van der Waals surface area (Å²) in [6.45, 7) is 6.39. The summed E-state index contributed by atoms with van der Waals surface area (Å²) >= 11 is 7.01. The Morgan fingerprint density at radius 2 is 2.24 bits per heavy atom. The minimum atomic E-state index is 0.413. The Bertz CT molecular complexity index is 391. The highest BCUT2D eigenvalue weighted by Gasteiger charge is 2.08. The Kier molecular flexibility index (Phi) is 5.78. The van der Waals surface area contributed by atoms with E-state index in [1.54, 1.807) is 0 Å². The van der Waals surface area contributed by atoms with Crippen LogP contribution in [0.1, 0.15) is 25.0 Å². The van der Waals surface area contributed by atoms with Crippen molar-refractivity contribution in [1.29, 1.82) is 0 Å². The molecular weight excluding hydrogens is 248 g/mol. The van der Waals surface area contributed by atoms with E-state index in [2.05, 4.69) is 31.3 Å². The summed E-state index contributed by atoms with van der Waals surface area (Å²) < 4.78 is 0. The molecule has 0 heterocycles. The van der Waals surface area contributed by atoms with Crippen molar-refractivity contribution in [3.05, 3.63) is 29.3 Å². The summed E-state index contributed by atoms with van der Waals surface area (Å²) in [5.41, 5.74) is 8.89. The highest BCUT2D eigenvalue weighted by atomic mass is 32.2. The predicted octanol–water partition coefficient (Wildman–Crippen LogP) is 3.18. The van der Waals surface area contributed by atoms with E-state index in [0.717, 1.165) is 22.8 Å². The molecule has 0 aliphatic rings. The van der Waals surface area contributed by atoms with Crippen molar-refractivity contribution in [1.82, 2.24) is 0 Å². The summed E-state index contributed by atoms with van der Waals surface area (Å²) in [6, 6.07) is 6.57. The molecule has 94 valence electrons. The van der Waals surface area contributed by atoms with Gasteiger partial charge in [0.2, 0.25) is 0 Å². The topological polar surface area (TPSA) is 38.0 Å². The molecule has 4 heteroatoms. The van der Waals surface area contributed by atoms with Crippen molar-refractivity contribution >= 4 is 34.7 Å². The van der Waals surface area contributed by atoms with Crippen molar-refractivity contribution in [3.63, 3.8) is 0 Å². The third kappa shape index (κ3) is 4.56. The number of hydrogen-bond acceptors (Lipinski definition) is 3. The third-order valence-electron chi connectivity index (χ3n) is 2.41. The molecule has 0 bridgehead atoms. The van der Waals surface area contributed by atoms with Crippen LogP contribution in [-0.2, 0) is 0 Å². The molecule has 1 atom stereocenters. The molecule has 0 aliphatic carbocycles. The van der Waals surface area contributed by atoms with E-state index >= 15 is 0 Å². The van der Waals surface area contributed by atoms with Crippen molar-refractivity contribution in [2.24, 2.45) is 5.73 Å². The van der Waals surface area contributed by atoms with Crippen molar-refractivity contribution in [3.8, 4) is 0 Å². The van der Waals surface area contributed by atoms with Gasteiger partial charge in [0.05, 0.1) is 0 Å². The number of nitrogens with two attached hydrogens (primary N) is 1. The van der Waals surface area contributed by atoms with Gasteiger partial charge < -0.3 is 11.1 Å². The predicted molar refractivity (Wildman–Crippen MR) is 83.2 cm³/mol. The standard InChI is InChI=1S/C13H20N2S2/c1-4-17-8-10(3)15-12-6-5-9(2)7-11(12)13(14)16/h5-7,10,15H,4,8H2,1-3H3,(H2,14,16). The first-order valence-electron chi connectivity index (χ1n) is 5.79. The van der Waals surface area contributed by atoms with Crippen LogP contribution >= 0.6 is 24.0 Å². The summed E-state index contributed by atoms with van der Waals surface area (Å²) in [5, 5.41) is 3.47. The SMILES string of the molecule is CCSCC(C)Nc1ccc(C)cc1C(N)=S. The van der Waals surface area contributed by atoms with Gasteiger partial charge in [0, 0.05) is 23.0 Å². The Balaban J connectivity index is 2.79. The minimum Gasteiger partial charge on any atom is -0.389 e. The fraction of sp³-hybridized carbons (Fsp3) is 0.462. The van der Waals surface area contributed by atoms with Gasteiger partial charge in [-0.2, -0.15) is 11.8 Å². The Morgan fingerprint density at radius 1 is 1.53 bits per heavy atom. The first kappa shape index (κ1) is 14.3. The number of anilines is 1. The Labute approximate surface area is 113 Å². The number of hydrogen-bond donors (Lipinski definition) is 2. The zero-order valence-electron chi connectivity index (χ0n) is 10.6. The molecule has 0 spiro atoms. The largest absolute Gasteiger partial charge is 0.389 e. The Morgan fingerprint density at radius 3 is 2.82 bits per heavy atom.